The highest BCUT2D eigenvalue weighted by Gasteiger charge is 2.04. The first-order chi connectivity index (χ1) is 38.3. The van der Waals surface area contributed by atoms with Gasteiger partial charge in [-0.1, -0.05) is 295 Å². The molecule has 77 heavy (non-hydrogen) atoms. The second-order valence-corrected chi connectivity index (χ2v) is 19.4. The molecule has 2 N–H and O–H groups in total. The molecule has 0 aromatic rings. The van der Waals surface area contributed by atoms with E-state index in [0.717, 1.165) is 32.1 Å². The Balaban J connectivity index is 3.08. The van der Waals surface area contributed by atoms with Crippen molar-refractivity contribution in [1.82, 2.24) is 0 Å². The molecule has 0 aromatic carbocycles. The van der Waals surface area contributed by atoms with Crippen LogP contribution in [0.5, 0.6) is 0 Å². The van der Waals surface area contributed by atoms with Gasteiger partial charge in [-0.3, -0.25) is 4.79 Å². The zero-order chi connectivity index (χ0) is 55.2. The van der Waals surface area contributed by atoms with Gasteiger partial charge in [0.2, 0.25) is 0 Å². The van der Waals surface area contributed by atoms with Gasteiger partial charge in [0.15, 0.2) is 0 Å². The summed E-state index contributed by atoms with van der Waals surface area (Å²) in [6.07, 6.45) is 65.3. The molecule has 0 bridgehead atoms. The lowest BCUT2D eigenvalue weighted by Gasteiger charge is -2.05. The summed E-state index contributed by atoms with van der Waals surface area (Å²) in [6, 6.07) is 0. The Morgan fingerprint density at radius 1 is 0.195 bits per heavy atom. The van der Waals surface area contributed by atoms with Crippen molar-refractivity contribution in [1.29, 1.82) is 0 Å². The van der Waals surface area contributed by atoms with Crippen LogP contribution in [0.1, 0.15) is 315 Å². The second kappa shape index (κ2) is 72.5. The molecule has 0 saturated heterocycles. The smallest absolute Gasteiger partial charge is 0.303 e. The lowest BCUT2D eigenvalue weighted by molar-refractivity contribution is -0.899. The van der Waals surface area contributed by atoms with Crippen LogP contribution < -0.4 is 0 Å². The molecule has 26 heteroatoms. The molecule has 0 saturated carbocycles. The van der Waals surface area contributed by atoms with E-state index in [0.29, 0.717) is 6.42 Å². The second-order valence-electron chi connectivity index (χ2n) is 19.4. The van der Waals surface area contributed by atoms with Crippen molar-refractivity contribution in [2.24, 2.45) is 0 Å². The van der Waals surface area contributed by atoms with Crippen LogP contribution in [0, 0.1) is 0 Å². The first-order valence-electron chi connectivity index (χ1n) is 29.4. The molecule has 0 aliphatic carbocycles. The molecule has 0 aromatic heterocycles. The Labute approximate surface area is 457 Å². The maximum Gasteiger partial charge on any atom is 0.303 e. The van der Waals surface area contributed by atoms with E-state index in [9.17, 15) is 4.79 Å². The molecule has 26 nitrogen and oxygen atoms in total. The summed E-state index contributed by atoms with van der Waals surface area (Å²) in [5, 5.41) is 96.0. The summed E-state index contributed by atoms with van der Waals surface area (Å²) in [6.45, 7) is 0.281. The highest BCUT2D eigenvalue weighted by atomic mass is 18.0. The van der Waals surface area contributed by atoms with Crippen LogP contribution in [-0.2, 0) is 121 Å². The molecule has 0 aliphatic heterocycles. The number of hydrogen-bond acceptors (Lipinski definition) is 25. The third kappa shape index (κ3) is 74.5. The Morgan fingerprint density at radius 3 is 0.506 bits per heavy atom. The lowest BCUT2D eigenvalue weighted by atomic mass is 10.0. The zero-order valence-electron chi connectivity index (χ0n) is 46.5. The highest BCUT2D eigenvalue weighted by Crippen LogP contribution is 2.19. The number of carboxylic acids is 1. The molecule has 0 unspecified atom stereocenters. The summed E-state index contributed by atoms with van der Waals surface area (Å²) in [7, 11) is 0. The molecule has 0 rings (SSSR count). The minimum atomic E-state index is -0.658. The van der Waals surface area contributed by atoms with Crippen LogP contribution >= 0.6 is 0 Å². The van der Waals surface area contributed by atoms with Crippen molar-refractivity contribution in [2.75, 3.05) is 6.61 Å². The topological polar surface area (TPSA) is 270 Å². The largest absolute Gasteiger partial charge is 0.481 e. The van der Waals surface area contributed by atoms with Gasteiger partial charge < -0.3 is 5.11 Å². The van der Waals surface area contributed by atoms with Crippen molar-refractivity contribution in [3.05, 3.63) is 0 Å². The maximum atomic E-state index is 10.5. The third-order valence-corrected chi connectivity index (χ3v) is 13.0. The highest BCUT2D eigenvalue weighted by molar-refractivity contribution is 5.66. The summed E-state index contributed by atoms with van der Waals surface area (Å²) >= 11 is 0. The molecule has 0 radical (unpaired) electrons. The molecular formula is C51H102O26. The quantitative estimate of drug-likeness (QED) is 0.0325. The summed E-state index contributed by atoms with van der Waals surface area (Å²) in [5.41, 5.74) is 0. The van der Waals surface area contributed by atoms with Gasteiger partial charge in [-0.25, -0.2) is 10.1 Å². The maximum absolute atomic E-state index is 10.5. The van der Waals surface area contributed by atoms with E-state index in [1.165, 1.54) is 276 Å². The molecule has 0 aliphatic rings. The number of aliphatic carboxylic acids is 1. The Hall–Kier alpha value is -1.49. The predicted molar refractivity (Wildman–Crippen MR) is 266 cm³/mol. The number of hydrogen-bond donors (Lipinski definition) is 2. The van der Waals surface area contributed by atoms with E-state index < -0.39 is 5.97 Å². The van der Waals surface area contributed by atoms with Crippen molar-refractivity contribution < 1.29 is 131 Å². The fourth-order valence-corrected chi connectivity index (χ4v) is 8.85. The predicted octanol–water partition coefficient (Wildman–Crippen LogP) is 17.2. The Kier molecular flexibility index (Phi) is 71.1. The lowest BCUT2D eigenvalue weighted by Crippen LogP contribution is -2.06. The van der Waals surface area contributed by atoms with Crippen LogP contribution in [0.3, 0.4) is 0 Å². The fourth-order valence-electron chi connectivity index (χ4n) is 8.85. The van der Waals surface area contributed by atoms with Crippen LogP contribution in [0.4, 0.5) is 0 Å². The van der Waals surface area contributed by atoms with Gasteiger partial charge in [-0.2, -0.15) is 0 Å². The average molecular weight is 1130 g/mol. The van der Waals surface area contributed by atoms with Crippen molar-refractivity contribution >= 4 is 5.97 Å². The van der Waals surface area contributed by atoms with E-state index in [4.69, 9.17) is 15.3 Å². The minimum Gasteiger partial charge on any atom is -0.481 e. The first kappa shape index (κ1) is 75.5. The van der Waals surface area contributed by atoms with Crippen molar-refractivity contribution in [3.8, 4) is 0 Å². The SMILES string of the molecule is O=C(O)CCCCCCCCCCCCCCCCCCCCCCCCCCCCCCCCCCCCCCCCCCCCCCCCCCOOOOOOOOOOOOOOOOOOOOOOOO. The van der Waals surface area contributed by atoms with Gasteiger partial charge in [-0.15, -0.1) is 0 Å². The molecule has 0 amide bonds. The van der Waals surface area contributed by atoms with E-state index in [1.807, 2.05) is 0 Å². The average Bonchev–Trinajstić information content (AvgIpc) is 3.43. The molecule has 462 valence electrons. The molecule has 0 fully saturated rings. The van der Waals surface area contributed by atoms with Crippen molar-refractivity contribution in [2.45, 2.75) is 315 Å². The van der Waals surface area contributed by atoms with Gasteiger partial charge in [-0.05, 0) is 93.5 Å². The first-order valence-corrected chi connectivity index (χ1v) is 29.4. The number of unbranched alkanes of at least 4 members (excludes halogenated alkanes) is 47. The van der Waals surface area contributed by atoms with Gasteiger partial charge >= 0.3 is 5.97 Å². The van der Waals surface area contributed by atoms with E-state index >= 15 is 0 Å². The molecule has 0 heterocycles. The number of carbonyl (C=O) groups is 1. The number of carboxylic acid groups (broad SMARTS) is 1. The monoisotopic (exact) mass is 1130 g/mol. The minimum absolute atomic E-state index is 0.281. The van der Waals surface area contributed by atoms with Crippen LogP contribution in [0.2, 0.25) is 0 Å². The Bertz CT molecular complexity index is 1060. The summed E-state index contributed by atoms with van der Waals surface area (Å²) in [4.78, 5) is 15.3. The fraction of sp³-hybridized carbons (Fsp3) is 0.980. The molecule has 0 atom stereocenters. The van der Waals surface area contributed by atoms with Crippen LogP contribution in [-0.4, -0.2) is 22.9 Å². The van der Waals surface area contributed by atoms with Crippen molar-refractivity contribution in [3.63, 3.8) is 0 Å². The van der Waals surface area contributed by atoms with Crippen LogP contribution in [0.25, 0.3) is 0 Å². The van der Waals surface area contributed by atoms with E-state index in [-0.39, 0.29) is 6.61 Å². The van der Waals surface area contributed by atoms with E-state index in [1.54, 1.807) is 0 Å². The molecule has 0 spiro atoms. The van der Waals surface area contributed by atoms with E-state index in [2.05, 4.69) is 111 Å². The van der Waals surface area contributed by atoms with Gasteiger partial charge in [0.25, 0.3) is 0 Å². The van der Waals surface area contributed by atoms with Gasteiger partial charge in [0, 0.05) is 36.7 Å². The van der Waals surface area contributed by atoms with Gasteiger partial charge in [0.1, 0.15) is 0 Å². The standard InChI is InChI=1S/C51H102O26/c52-51(53)49-47-45-43-41-39-37-35-33-31-29-27-25-23-21-19-17-15-13-11-9-7-5-3-1-2-4-6-8-10-12-14-16-18-20-22-24-26-28-30-32-34-36-38-40-42-44-46-48-50-55-57-59-61-63-65-67-69-71-73-75-77-76-74-72-70-68-66-64-62-60-58-56-54/h54H,1-50H2,(H,52,53). The summed E-state index contributed by atoms with van der Waals surface area (Å²) < 4.78 is 0. The Morgan fingerprint density at radius 2 is 0.338 bits per heavy atom. The van der Waals surface area contributed by atoms with Crippen LogP contribution in [0.15, 0.2) is 0 Å². The van der Waals surface area contributed by atoms with Gasteiger partial charge in [0.05, 0.1) is 6.61 Å². The molecular weight excluding hydrogens is 1030 g/mol. The number of rotatable bonds is 73. The normalized spacial score (nSPS) is 11.7. The summed E-state index contributed by atoms with van der Waals surface area (Å²) in [5.74, 6) is -0.658. The third-order valence-electron chi connectivity index (χ3n) is 13.0. The zero-order valence-corrected chi connectivity index (χ0v) is 46.5.